The Bertz CT molecular complexity index is 1650. The quantitative estimate of drug-likeness (QED) is 0.352. The van der Waals surface area contributed by atoms with E-state index in [1.807, 2.05) is 35.9 Å². The van der Waals surface area contributed by atoms with Crippen LogP contribution in [0.3, 0.4) is 0 Å². The van der Waals surface area contributed by atoms with Crippen molar-refractivity contribution in [2.45, 2.75) is 37.7 Å². The molecular formula is C25H31N7O6. The van der Waals surface area contributed by atoms with E-state index in [1.54, 1.807) is 6.92 Å². The Morgan fingerprint density at radius 2 is 1.87 bits per heavy atom. The highest BCUT2D eigenvalue weighted by Gasteiger charge is 2.42. The van der Waals surface area contributed by atoms with Gasteiger partial charge in [-0.25, -0.2) is 14.8 Å². The van der Waals surface area contributed by atoms with E-state index in [9.17, 15) is 24.6 Å². The zero-order valence-electron chi connectivity index (χ0n) is 21.7. The molecule has 0 saturated carbocycles. The van der Waals surface area contributed by atoms with Gasteiger partial charge >= 0.3 is 5.69 Å². The van der Waals surface area contributed by atoms with Crippen molar-refractivity contribution in [2.24, 2.45) is 21.1 Å². The molecule has 0 unspecified atom stereocenters. The van der Waals surface area contributed by atoms with Crippen LogP contribution in [0.25, 0.3) is 22.2 Å². The number of aliphatic hydroxyl groups excluding tert-OH is 1. The van der Waals surface area contributed by atoms with Crippen molar-refractivity contribution in [1.29, 1.82) is 0 Å². The van der Waals surface area contributed by atoms with Crippen molar-refractivity contribution in [3.63, 3.8) is 0 Å². The molecule has 3 aromatic heterocycles. The second-order valence-corrected chi connectivity index (χ2v) is 10.1. The number of β-amino-alcohol motifs (C(OH)–C–C–N with tert-alkyl or cyclic N) is 1. The summed E-state index contributed by atoms with van der Waals surface area (Å²) in [7, 11) is 4.76. The van der Waals surface area contributed by atoms with Gasteiger partial charge in [0.2, 0.25) is 5.91 Å². The van der Waals surface area contributed by atoms with E-state index < -0.39 is 29.0 Å². The summed E-state index contributed by atoms with van der Waals surface area (Å²) in [6, 6.07) is 6.86. The second-order valence-electron chi connectivity index (χ2n) is 10.1. The summed E-state index contributed by atoms with van der Waals surface area (Å²) in [5.74, 6) is 0.289. The fourth-order valence-electron chi connectivity index (χ4n) is 5.25. The average Bonchev–Trinajstić information content (AvgIpc) is 3.41. The molecule has 3 atom stereocenters. The lowest BCUT2D eigenvalue weighted by Gasteiger charge is -2.34. The predicted octanol–water partition coefficient (Wildman–Crippen LogP) is -0.577. The molecule has 1 fully saturated rings. The number of likely N-dealkylation sites (tertiary alicyclic amines) is 1. The molecule has 4 heterocycles. The minimum atomic E-state index is -1.49. The number of aromatic nitrogens is 6. The zero-order valence-corrected chi connectivity index (χ0v) is 21.7. The van der Waals surface area contributed by atoms with Crippen molar-refractivity contribution < 1.29 is 19.7 Å². The van der Waals surface area contributed by atoms with Crippen LogP contribution in [0.5, 0.6) is 0 Å². The molecule has 13 nitrogen and oxygen atoms in total. The first-order valence-electron chi connectivity index (χ1n) is 12.3. The van der Waals surface area contributed by atoms with E-state index in [4.69, 9.17) is 4.74 Å². The minimum absolute atomic E-state index is 0.00397. The first-order valence-corrected chi connectivity index (χ1v) is 12.3. The highest BCUT2D eigenvalue weighted by atomic mass is 16.5. The molecule has 1 aliphatic heterocycles. The molecule has 2 N–H and O–H groups in total. The van der Waals surface area contributed by atoms with Crippen molar-refractivity contribution in [3.05, 3.63) is 57.3 Å². The van der Waals surface area contributed by atoms with Crippen LogP contribution in [0.1, 0.15) is 25.2 Å². The van der Waals surface area contributed by atoms with E-state index in [0.717, 1.165) is 15.6 Å². The van der Waals surface area contributed by atoms with Gasteiger partial charge in [0.15, 0.2) is 11.2 Å². The monoisotopic (exact) mass is 525 g/mol. The number of fused-ring (bicyclic) bond motifs is 2. The molecule has 1 amide bonds. The molecule has 202 valence electrons. The van der Waals surface area contributed by atoms with Crippen molar-refractivity contribution in [2.75, 3.05) is 19.7 Å². The highest BCUT2D eigenvalue weighted by molar-refractivity contribution is 5.78. The first kappa shape index (κ1) is 25.8. The van der Waals surface area contributed by atoms with Crippen LogP contribution in [0.4, 0.5) is 0 Å². The lowest BCUT2D eigenvalue weighted by atomic mass is 9.91. The number of amides is 1. The summed E-state index contributed by atoms with van der Waals surface area (Å²) >= 11 is 0. The molecule has 0 aliphatic carbocycles. The molecular weight excluding hydrogens is 494 g/mol. The number of para-hydroxylation sites is 2. The Hall–Kier alpha value is -3.81. The number of hydrogen-bond acceptors (Lipinski definition) is 8. The number of carbonyl (C=O) groups is 1. The van der Waals surface area contributed by atoms with Gasteiger partial charge in [-0.2, -0.15) is 0 Å². The van der Waals surface area contributed by atoms with Gasteiger partial charge in [0, 0.05) is 40.7 Å². The van der Waals surface area contributed by atoms with Gasteiger partial charge in [-0.1, -0.05) is 12.1 Å². The predicted molar refractivity (Wildman–Crippen MR) is 137 cm³/mol. The molecule has 0 spiro atoms. The minimum Gasteiger partial charge on any atom is -0.391 e. The standard InChI is InChI=1S/C25H31N7O6/c1-25(37)9-15(33)10-31(20(34)13-38-12-19-27-16-7-5-6-8-17(16)28(19)2)11-18(25)32-14-26-22-21(32)23(35)30(4)24(36)29(22)3/h5-8,14-15,18,33,37H,9-13H2,1-4H3/t15-,18+,25+/m1/s1. The van der Waals surface area contributed by atoms with Crippen molar-refractivity contribution in [1.82, 2.24) is 33.1 Å². The van der Waals surface area contributed by atoms with E-state index in [1.165, 1.54) is 34.5 Å². The molecule has 1 aromatic carbocycles. The maximum Gasteiger partial charge on any atom is 0.332 e. The number of imidazole rings is 2. The summed E-state index contributed by atoms with van der Waals surface area (Å²) in [6.45, 7) is 1.39. The van der Waals surface area contributed by atoms with Crippen LogP contribution in [-0.2, 0) is 37.3 Å². The third-order valence-corrected chi connectivity index (χ3v) is 7.39. The van der Waals surface area contributed by atoms with E-state index in [2.05, 4.69) is 9.97 Å². The van der Waals surface area contributed by atoms with E-state index in [0.29, 0.717) is 5.82 Å². The lowest BCUT2D eigenvalue weighted by molar-refractivity contribution is -0.138. The maximum atomic E-state index is 13.2. The topological polar surface area (TPSA) is 150 Å². The molecule has 5 rings (SSSR count). The largest absolute Gasteiger partial charge is 0.391 e. The van der Waals surface area contributed by atoms with Gasteiger partial charge in [-0.3, -0.25) is 18.7 Å². The van der Waals surface area contributed by atoms with Crippen LogP contribution in [0.2, 0.25) is 0 Å². The summed E-state index contributed by atoms with van der Waals surface area (Å²) in [5, 5.41) is 22.0. The van der Waals surface area contributed by atoms with Crippen LogP contribution >= 0.6 is 0 Å². The van der Waals surface area contributed by atoms with Gasteiger partial charge in [0.25, 0.3) is 5.56 Å². The van der Waals surface area contributed by atoms with Crippen LogP contribution in [0.15, 0.2) is 40.2 Å². The Labute approximate surface area is 217 Å². The third kappa shape index (κ3) is 4.31. The van der Waals surface area contributed by atoms with Gasteiger partial charge in [0.1, 0.15) is 19.0 Å². The molecule has 0 bridgehead atoms. The lowest BCUT2D eigenvalue weighted by Crippen LogP contribution is -2.44. The second kappa shape index (κ2) is 9.49. The number of hydrogen-bond donors (Lipinski definition) is 2. The number of aliphatic hydroxyl groups is 2. The summed E-state index contributed by atoms with van der Waals surface area (Å²) in [5.41, 5.74) is -0.499. The average molecular weight is 526 g/mol. The SMILES string of the molecule is Cn1c(=O)c2c(ncn2[C@H]2CN(C(=O)COCc3nc4ccccc4n3C)C[C@H](O)C[C@]2(C)O)n(C)c1=O. The Balaban J connectivity index is 1.39. The fraction of sp³-hybridized carbons (Fsp3) is 0.480. The third-order valence-electron chi connectivity index (χ3n) is 7.39. The molecule has 0 radical (unpaired) electrons. The number of nitrogens with zero attached hydrogens (tertiary/aromatic N) is 7. The van der Waals surface area contributed by atoms with E-state index in [-0.39, 0.29) is 49.8 Å². The molecule has 38 heavy (non-hydrogen) atoms. The number of benzene rings is 1. The van der Waals surface area contributed by atoms with Crippen LogP contribution in [0, 0.1) is 0 Å². The number of aryl methyl sites for hydroxylation is 2. The molecule has 13 heteroatoms. The number of ether oxygens (including phenoxy) is 1. The normalized spacial score (nSPS) is 22.3. The summed E-state index contributed by atoms with van der Waals surface area (Å²) < 4.78 is 11.3. The van der Waals surface area contributed by atoms with Gasteiger partial charge in [-0.15, -0.1) is 0 Å². The maximum absolute atomic E-state index is 13.2. The van der Waals surface area contributed by atoms with Gasteiger partial charge in [0.05, 0.1) is 35.1 Å². The number of rotatable bonds is 5. The fourth-order valence-corrected chi connectivity index (χ4v) is 5.25. The van der Waals surface area contributed by atoms with Crippen LogP contribution < -0.4 is 11.2 Å². The highest BCUT2D eigenvalue weighted by Crippen LogP contribution is 2.33. The zero-order chi connectivity index (χ0) is 27.4. The van der Waals surface area contributed by atoms with Gasteiger partial charge in [-0.05, 0) is 19.1 Å². The molecule has 1 aliphatic rings. The van der Waals surface area contributed by atoms with Crippen molar-refractivity contribution >= 4 is 28.1 Å². The van der Waals surface area contributed by atoms with E-state index >= 15 is 0 Å². The Morgan fingerprint density at radius 3 is 2.61 bits per heavy atom. The Kier molecular flexibility index (Phi) is 6.45. The summed E-state index contributed by atoms with van der Waals surface area (Å²) in [4.78, 5) is 48.8. The molecule has 1 saturated heterocycles. The first-order chi connectivity index (χ1) is 18.0. The number of carbonyl (C=O) groups excluding carboxylic acids is 1. The smallest absolute Gasteiger partial charge is 0.332 e. The summed E-state index contributed by atoms with van der Waals surface area (Å²) in [6.07, 6.45) is 0.349. The Morgan fingerprint density at radius 1 is 1.13 bits per heavy atom. The molecule has 4 aromatic rings. The van der Waals surface area contributed by atoms with Gasteiger partial charge < -0.3 is 29.0 Å². The van der Waals surface area contributed by atoms with Crippen molar-refractivity contribution in [3.8, 4) is 0 Å². The van der Waals surface area contributed by atoms with Crippen LogP contribution in [-0.4, -0.2) is 80.7 Å².